The first-order valence-corrected chi connectivity index (χ1v) is 8.12. The number of primary sulfonamides is 1. The van der Waals surface area contributed by atoms with Crippen LogP contribution in [-0.4, -0.2) is 14.3 Å². The van der Waals surface area contributed by atoms with E-state index in [1.54, 1.807) is 6.92 Å². The monoisotopic (exact) mass is 340 g/mol. The Hall–Kier alpha value is -2.32. The third-order valence-electron chi connectivity index (χ3n) is 3.24. The van der Waals surface area contributed by atoms with Crippen molar-refractivity contribution in [2.45, 2.75) is 17.9 Å². The van der Waals surface area contributed by atoms with Crippen molar-refractivity contribution in [1.29, 1.82) is 0 Å². The highest BCUT2D eigenvalue weighted by Gasteiger charge is 2.14. The van der Waals surface area contributed by atoms with Crippen LogP contribution >= 0.6 is 0 Å². The van der Waals surface area contributed by atoms with Gasteiger partial charge in [0.05, 0.1) is 10.9 Å². The molecule has 0 radical (unpaired) electrons. The molecule has 0 aliphatic rings. The van der Waals surface area contributed by atoms with Crippen molar-refractivity contribution < 1.29 is 22.0 Å². The molecule has 2 aromatic rings. The Morgan fingerprint density at radius 1 is 1.09 bits per heavy atom. The van der Waals surface area contributed by atoms with E-state index in [9.17, 15) is 22.0 Å². The van der Waals surface area contributed by atoms with E-state index < -0.39 is 33.6 Å². The largest absolute Gasteiger partial charge is 0.346 e. The minimum Gasteiger partial charge on any atom is -0.346 e. The average Bonchev–Trinajstić information content (AvgIpc) is 2.49. The maximum atomic E-state index is 13.1. The lowest BCUT2D eigenvalue weighted by atomic mass is 10.1. The van der Waals surface area contributed by atoms with Crippen LogP contribution in [0.25, 0.3) is 0 Å². The Bertz CT molecular complexity index is 836. The molecule has 0 aliphatic carbocycles. The molecule has 0 heterocycles. The second-order valence-corrected chi connectivity index (χ2v) is 6.50. The lowest BCUT2D eigenvalue weighted by Gasteiger charge is -2.15. The molecule has 1 atom stereocenters. The van der Waals surface area contributed by atoms with Crippen molar-refractivity contribution >= 4 is 15.9 Å². The van der Waals surface area contributed by atoms with Crippen LogP contribution in [0.1, 0.15) is 28.9 Å². The summed E-state index contributed by atoms with van der Waals surface area (Å²) in [7, 11) is -3.78. The molecule has 8 heteroatoms. The smallest absolute Gasteiger partial charge is 0.251 e. The van der Waals surface area contributed by atoms with Gasteiger partial charge in [0.15, 0.2) is 11.6 Å². The van der Waals surface area contributed by atoms with E-state index in [1.165, 1.54) is 30.3 Å². The van der Waals surface area contributed by atoms with Gasteiger partial charge in [-0.3, -0.25) is 4.79 Å². The molecule has 0 unspecified atom stereocenters. The predicted octanol–water partition coefficient (Wildman–Crippen LogP) is 2.10. The van der Waals surface area contributed by atoms with E-state index in [-0.39, 0.29) is 10.5 Å². The molecule has 0 aromatic heterocycles. The number of hydrogen-bond donors (Lipinski definition) is 2. The highest BCUT2D eigenvalue weighted by atomic mass is 32.2. The van der Waals surface area contributed by atoms with Crippen LogP contribution in [0.2, 0.25) is 0 Å². The zero-order chi connectivity index (χ0) is 17.2. The predicted molar refractivity (Wildman–Crippen MR) is 80.1 cm³/mol. The standard InChI is InChI=1S/C15H14F2N2O3S/c1-9(10-2-5-12(6-3-10)23(18,21)22)19-15(20)11-4-7-13(16)14(17)8-11/h2-9H,1H3,(H,19,20)(H2,18,21,22)/t9-/m1/s1. The number of rotatable bonds is 4. The number of nitrogens with two attached hydrogens (primary N) is 1. The molecule has 2 aromatic carbocycles. The van der Waals surface area contributed by atoms with Crippen molar-refractivity contribution in [3.63, 3.8) is 0 Å². The minimum absolute atomic E-state index is 0.0168. The van der Waals surface area contributed by atoms with Gasteiger partial charge >= 0.3 is 0 Å². The highest BCUT2D eigenvalue weighted by Crippen LogP contribution is 2.16. The van der Waals surface area contributed by atoms with Gasteiger partial charge in [0.2, 0.25) is 10.0 Å². The number of carbonyl (C=O) groups excluding carboxylic acids is 1. The molecular formula is C15H14F2N2O3S. The van der Waals surface area contributed by atoms with Gasteiger partial charge in [-0.15, -0.1) is 0 Å². The first-order valence-electron chi connectivity index (χ1n) is 6.57. The number of halogens is 2. The molecule has 0 saturated heterocycles. The third kappa shape index (κ3) is 4.11. The van der Waals surface area contributed by atoms with Crippen LogP contribution in [0.4, 0.5) is 8.78 Å². The summed E-state index contributed by atoms with van der Waals surface area (Å²) >= 11 is 0. The number of benzene rings is 2. The SMILES string of the molecule is C[C@@H](NC(=O)c1ccc(F)c(F)c1)c1ccc(S(N)(=O)=O)cc1. The number of sulfonamides is 1. The van der Waals surface area contributed by atoms with Crippen molar-refractivity contribution in [2.75, 3.05) is 0 Å². The fraction of sp³-hybridized carbons (Fsp3) is 0.133. The lowest BCUT2D eigenvalue weighted by molar-refractivity contribution is 0.0939. The van der Waals surface area contributed by atoms with Crippen LogP contribution in [0.3, 0.4) is 0 Å². The Morgan fingerprint density at radius 3 is 2.22 bits per heavy atom. The Balaban J connectivity index is 2.13. The Labute approximate surface area is 132 Å². The van der Waals surface area contributed by atoms with Gasteiger partial charge < -0.3 is 5.32 Å². The summed E-state index contributed by atoms with van der Waals surface area (Å²) in [5, 5.41) is 7.61. The molecule has 2 rings (SSSR count). The second-order valence-electron chi connectivity index (χ2n) is 4.94. The molecule has 3 N–H and O–H groups in total. The van der Waals surface area contributed by atoms with Gasteiger partial charge in [-0.05, 0) is 42.8 Å². The molecule has 0 fully saturated rings. The van der Waals surface area contributed by atoms with Crippen molar-refractivity contribution in [3.05, 3.63) is 65.2 Å². The number of amides is 1. The molecule has 0 aliphatic heterocycles. The molecule has 0 saturated carbocycles. The molecular weight excluding hydrogens is 326 g/mol. The third-order valence-corrected chi connectivity index (χ3v) is 4.17. The van der Waals surface area contributed by atoms with E-state index in [4.69, 9.17) is 5.14 Å². The van der Waals surface area contributed by atoms with Gasteiger partial charge in [0.25, 0.3) is 5.91 Å². The van der Waals surface area contributed by atoms with Crippen LogP contribution < -0.4 is 10.5 Å². The first kappa shape index (κ1) is 17.0. The van der Waals surface area contributed by atoms with E-state index in [0.29, 0.717) is 5.56 Å². The average molecular weight is 340 g/mol. The summed E-state index contributed by atoms with van der Waals surface area (Å²) in [4.78, 5) is 12.0. The van der Waals surface area contributed by atoms with Crippen LogP contribution in [0.5, 0.6) is 0 Å². The van der Waals surface area contributed by atoms with E-state index in [0.717, 1.165) is 12.1 Å². The van der Waals surface area contributed by atoms with Crippen molar-refractivity contribution in [2.24, 2.45) is 5.14 Å². The minimum atomic E-state index is -3.78. The van der Waals surface area contributed by atoms with E-state index in [2.05, 4.69) is 5.32 Å². The van der Waals surface area contributed by atoms with Gasteiger partial charge in [0.1, 0.15) is 0 Å². The summed E-state index contributed by atoms with van der Waals surface area (Å²) < 4.78 is 48.3. The van der Waals surface area contributed by atoms with Crippen LogP contribution in [0, 0.1) is 11.6 Å². The number of carbonyl (C=O) groups is 1. The maximum Gasteiger partial charge on any atom is 0.251 e. The summed E-state index contributed by atoms with van der Waals surface area (Å²) in [5.74, 6) is -2.72. The van der Waals surface area contributed by atoms with Gasteiger partial charge in [-0.1, -0.05) is 12.1 Å². The molecule has 23 heavy (non-hydrogen) atoms. The van der Waals surface area contributed by atoms with Crippen LogP contribution in [0.15, 0.2) is 47.4 Å². The lowest BCUT2D eigenvalue weighted by Crippen LogP contribution is -2.26. The van der Waals surface area contributed by atoms with Gasteiger partial charge in [-0.25, -0.2) is 22.3 Å². The normalized spacial score (nSPS) is 12.7. The Morgan fingerprint density at radius 2 is 1.70 bits per heavy atom. The highest BCUT2D eigenvalue weighted by molar-refractivity contribution is 7.89. The second kappa shape index (κ2) is 6.43. The number of hydrogen-bond acceptors (Lipinski definition) is 3. The molecule has 0 bridgehead atoms. The van der Waals surface area contributed by atoms with E-state index in [1.807, 2.05) is 0 Å². The maximum absolute atomic E-state index is 13.1. The first-order chi connectivity index (χ1) is 10.7. The summed E-state index contributed by atoms with van der Waals surface area (Å²) in [5.41, 5.74) is 0.616. The Kier molecular flexibility index (Phi) is 4.76. The van der Waals surface area contributed by atoms with Gasteiger partial charge in [0, 0.05) is 5.56 Å². The fourth-order valence-corrected chi connectivity index (χ4v) is 2.46. The van der Waals surface area contributed by atoms with Crippen molar-refractivity contribution in [3.8, 4) is 0 Å². The van der Waals surface area contributed by atoms with E-state index >= 15 is 0 Å². The molecule has 0 spiro atoms. The van der Waals surface area contributed by atoms with Crippen molar-refractivity contribution in [1.82, 2.24) is 5.32 Å². The molecule has 5 nitrogen and oxygen atoms in total. The zero-order valence-electron chi connectivity index (χ0n) is 12.1. The summed E-state index contributed by atoms with van der Waals surface area (Å²) in [6.07, 6.45) is 0. The fourth-order valence-electron chi connectivity index (χ4n) is 1.95. The molecule has 1 amide bonds. The topological polar surface area (TPSA) is 89.3 Å². The quantitative estimate of drug-likeness (QED) is 0.893. The number of nitrogens with one attached hydrogen (secondary N) is 1. The molecule has 122 valence electrons. The van der Waals surface area contributed by atoms with Crippen LogP contribution in [-0.2, 0) is 10.0 Å². The van der Waals surface area contributed by atoms with Gasteiger partial charge in [-0.2, -0.15) is 0 Å². The summed E-state index contributed by atoms with van der Waals surface area (Å²) in [6.45, 7) is 1.67. The zero-order valence-corrected chi connectivity index (χ0v) is 12.9. The summed E-state index contributed by atoms with van der Waals surface area (Å²) in [6, 6.07) is 8.05.